The number of hydrogen-bond donors (Lipinski definition) is 2. The van der Waals surface area contributed by atoms with E-state index in [-0.39, 0.29) is 23.6 Å². The molecule has 4 aliphatic rings. The van der Waals surface area contributed by atoms with E-state index in [0.29, 0.717) is 39.6 Å². The highest BCUT2D eigenvalue weighted by atomic mass is 35.5. The fourth-order valence-electron chi connectivity index (χ4n) is 7.47. The molecule has 0 aromatic heterocycles. The van der Waals surface area contributed by atoms with Crippen molar-refractivity contribution in [3.05, 3.63) is 94.0 Å². The van der Waals surface area contributed by atoms with Crippen LogP contribution in [0.2, 0.25) is 5.02 Å². The summed E-state index contributed by atoms with van der Waals surface area (Å²) in [4.78, 5) is 45.3. The number of nitrogens with zero attached hydrogens (tertiary/aromatic N) is 1. The molecule has 2 N–H and O–H groups in total. The SMILES string of the molecule is Cc1ccc(C(=O)[C@@H]2[C@@H]3CCCN3[C@]3(C(=O)Nc4c(Cl)cccc43)[C@@]23C(=O)Nc2ccccc23)cc1. The van der Waals surface area contributed by atoms with Gasteiger partial charge in [0.25, 0.3) is 5.91 Å². The molecular weight excluding hydrogens is 474 g/mol. The number of nitrogens with one attached hydrogen (secondary N) is 2. The van der Waals surface area contributed by atoms with Crippen LogP contribution in [-0.2, 0) is 20.5 Å². The standard InChI is InChI=1S/C29H24ClN3O3/c1-16-11-13-17(14-12-16)25(34)23-22-10-5-15-33(22)29(19-7-4-8-20(30)24(19)32-27(29)36)28(23)18-6-2-3-9-21(18)31-26(28)35/h2-4,6-9,11-14,22-23H,5,10,15H2,1H3,(H,31,35)(H,32,36)/t22-,23-,28+,29+/m0/s1. The van der Waals surface area contributed by atoms with Crippen LogP contribution in [0.5, 0.6) is 0 Å². The van der Waals surface area contributed by atoms with Crippen LogP contribution in [0.4, 0.5) is 11.4 Å². The predicted molar refractivity (Wildman–Crippen MR) is 137 cm³/mol. The summed E-state index contributed by atoms with van der Waals surface area (Å²) in [6, 6.07) is 20.1. The van der Waals surface area contributed by atoms with Crippen LogP contribution in [0.1, 0.15) is 39.9 Å². The first-order valence-corrected chi connectivity index (χ1v) is 12.7. The number of carbonyl (C=O) groups excluding carboxylic acids is 3. The minimum Gasteiger partial charge on any atom is -0.325 e. The van der Waals surface area contributed by atoms with Crippen molar-refractivity contribution in [3.8, 4) is 0 Å². The van der Waals surface area contributed by atoms with Gasteiger partial charge < -0.3 is 10.6 Å². The number of hydrogen-bond acceptors (Lipinski definition) is 4. The molecule has 0 radical (unpaired) electrons. The van der Waals surface area contributed by atoms with Crippen LogP contribution in [0.3, 0.4) is 0 Å². The largest absolute Gasteiger partial charge is 0.325 e. The molecule has 4 heterocycles. The van der Waals surface area contributed by atoms with E-state index in [4.69, 9.17) is 11.6 Å². The fraction of sp³-hybridized carbons (Fsp3) is 0.276. The zero-order valence-corrected chi connectivity index (χ0v) is 20.4. The second kappa shape index (κ2) is 7.28. The van der Waals surface area contributed by atoms with Crippen molar-refractivity contribution in [2.24, 2.45) is 5.92 Å². The van der Waals surface area contributed by atoms with Crippen molar-refractivity contribution >= 4 is 40.6 Å². The topological polar surface area (TPSA) is 78.5 Å². The Kier molecular flexibility index (Phi) is 4.40. The number of rotatable bonds is 2. The van der Waals surface area contributed by atoms with Crippen LogP contribution >= 0.6 is 11.6 Å². The molecule has 180 valence electrons. The van der Waals surface area contributed by atoms with Gasteiger partial charge in [-0.1, -0.05) is 71.8 Å². The van der Waals surface area contributed by atoms with Crippen LogP contribution in [0.25, 0.3) is 0 Å². The van der Waals surface area contributed by atoms with Gasteiger partial charge in [0.2, 0.25) is 5.91 Å². The number of Topliss-reactive ketones (excluding diaryl/α,β-unsaturated/α-hetero) is 1. The summed E-state index contributed by atoms with van der Waals surface area (Å²) in [5.41, 5.74) is 1.29. The van der Waals surface area contributed by atoms with Gasteiger partial charge in [0.05, 0.1) is 16.6 Å². The van der Waals surface area contributed by atoms with Gasteiger partial charge in [-0.05, 0) is 44.0 Å². The molecule has 3 aromatic rings. The van der Waals surface area contributed by atoms with Gasteiger partial charge in [0.1, 0.15) is 11.0 Å². The van der Waals surface area contributed by atoms with Gasteiger partial charge in [0.15, 0.2) is 5.78 Å². The second-order valence-corrected chi connectivity index (χ2v) is 10.7. The lowest BCUT2D eigenvalue weighted by Crippen LogP contribution is -2.62. The molecule has 2 fully saturated rings. The Morgan fingerprint density at radius 3 is 2.50 bits per heavy atom. The highest BCUT2D eigenvalue weighted by molar-refractivity contribution is 6.35. The number of benzene rings is 3. The average molecular weight is 498 g/mol. The molecule has 2 saturated heterocycles. The van der Waals surface area contributed by atoms with Gasteiger partial charge in [-0.25, -0.2) is 0 Å². The van der Waals surface area contributed by atoms with Gasteiger partial charge in [-0.3, -0.25) is 19.3 Å². The average Bonchev–Trinajstić information content (AvgIpc) is 3.59. The Morgan fingerprint density at radius 1 is 0.944 bits per heavy atom. The number of anilines is 2. The van der Waals surface area contributed by atoms with Crippen LogP contribution in [0.15, 0.2) is 66.7 Å². The monoisotopic (exact) mass is 497 g/mol. The number of para-hydroxylation sites is 2. The van der Waals surface area contributed by atoms with Gasteiger partial charge in [-0.2, -0.15) is 0 Å². The van der Waals surface area contributed by atoms with E-state index in [1.165, 1.54) is 0 Å². The summed E-state index contributed by atoms with van der Waals surface area (Å²) in [6.45, 7) is 2.59. The minimum absolute atomic E-state index is 0.112. The normalized spacial score (nSPS) is 29.8. The molecule has 0 unspecified atom stereocenters. The zero-order valence-electron chi connectivity index (χ0n) is 19.7. The number of fused-ring (bicyclic) bond motifs is 7. The Hall–Kier alpha value is -3.48. The highest BCUT2D eigenvalue weighted by Gasteiger charge is 2.81. The maximum atomic E-state index is 14.5. The molecule has 6 nitrogen and oxygen atoms in total. The summed E-state index contributed by atoms with van der Waals surface area (Å²) in [6.07, 6.45) is 1.57. The molecular formula is C29H24ClN3O3. The molecule has 36 heavy (non-hydrogen) atoms. The lowest BCUT2D eigenvalue weighted by molar-refractivity contribution is -0.137. The van der Waals surface area contributed by atoms with Crippen molar-refractivity contribution < 1.29 is 14.4 Å². The summed E-state index contributed by atoms with van der Waals surface area (Å²) < 4.78 is 0. The molecule has 7 heteroatoms. The van der Waals surface area contributed by atoms with E-state index in [1.807, 2.05) is 67.6 Å². The molecule has 2 amide bonds. The van der Waals surface area contributed by atoms with Crippen molar-refractivity contribution in [3.63, 3.8) is 0 Å². The lowest BCUT2D eigenvalue weighted by atomic mass is 9.57. The molecule has 3 aromatic carbocycles. The smallest absolute Gasteiger partial charge is 0.251 e. The molecule has 0 aliphatic carbocycles. The second-order valence-electron chi connectivity index (χ2n) is 10.2. The van der Waals surface area contributed by atoms with Crippen molar-refractivity contribution in [1.82, 2.24) is 4.90 Å². The van der Waals surface area contributed by atoms with Crippen LogP contribution in [-0.4, -0.2) is 35.1 Å². The van der Waals surface area contributed by atoms with Gasteiger partial charge in [0, 0.05) is 22.9 Å². The summed E-state index contributed by atoms with van der Waals surface area (Å²) in [5.74, 6) is -1.48. The number of amides is 2. The fourth-order valence-corrected chi connectivity index (χ4v) is 7.69. The van der Waals surface area contributed by atoms with Crippen molar-refractivity contribution in [1.29, 1.82) is 0 Å². The van der Waals surface area contributed by atoms with E-state index in [0.717, 1.165) is 18.4 Å². The molecule has 0 bridgehead atoms. The molecule has 7 rings (SSSR count). The van der Waals surface area contributed by atoms with Gasteiger partial charge >= 0.3 is 0 Å². The third kappa shape index (κ3) is 2.34. The Bertz CT molecular complexity index is 1490. The molecule has 4 atom stereocenters. The Morgan fingerprint density at radius 2 is 1.69 bits per heavy atom. The van der Waals surface area contributed by atoms with Crippen LogP contribution in [0, 0.1) is 12.8 Å². The van der Waals surface area contributed by atoms with E-state index in [1.54, 1.807) is 6.07 Å². The first-order chi connectivity index (χ1) is 17.4. The van der Waals surface area contributed by atoms with Crippen molar-refractivity contribution in [2.45, 2.75) is 36.8 Å². The first-order valence-electron chi connectivity index (χ1n) is 12.3. The highest BCUT2D eigenvalue weighted by Crippen LogP contribution is 2.68. The summed E-state index contributed by atoms with van der Waals surface area (Å²) in [5, 5.41) is 6.49. The molecule has 4 aliphatic heterocycles. The van der Waals surface area contributed by atoms with Crippen LogP contribution < -0.4 is 10.6 Å². The number of ketones is 1. The third-order valence-electron chi connectivity index (χ3n) is 8.70. The maximum Gasteiger partial charge on any atom is 0.251 e. The summed E-state index contributed by atoms with van der Waals surface area (Å²) in [7, 11) is 0. The lowest BCUT2D eigenvalue weighted by Gasteiger charge is -2.43. The number of carbonyl (C=O) groups is 3. The third-order valence-corrected chi connectivity index (χ3v) is 9.01. The first kappa shape index (κ1) is 21.8. The molecule has 0 saturated carbocycles. The molecule has 2 spiro atoms. The number of halogens is 1. The maximum absolute atomic E-state index is 14.5. The van der Waals surface area contributed by atoms with E-state index in [2.05, 4.69) is 15.5 Å². The number of aryl methyl sites for hydroxylation is 1. The zero-order chi connectivity index (χ0) is 24.8. The Labute approximate surface area is 213 Å². The quantitative estimate of drug-likeness (QED) is 0.505. The van der Waals surface area contributed by atoms with E-state index in [9.17, 15) is 14.4 Å². The minimum atomic E-state index is -1.45. The van der Waals surface area contributed by atoms with Crippen molar-refractivity contribution in [2.75, 3.05) is 17.2 Å². The summed E-state index contributed by atoms with van der Waals surface area (Å²) >= 11 is 6.58. The predicted octanol–water partition coefficient (Wildman–Crippen LogP) is 4.66. The van der Waals surface area contributed by atoms with E-state index < -0.39 is 16.9 Å². The van der Waals surface area contributed by atoms with E-state index >= 15 is 0 Å². The van der Waals surface area contributed by atoms with Gasteiger partial charge in [-0.15, -0.1) is 0 Å². The Balaban J connectivity index is 1.59.